The van der Waals surface area contributed by atoms with Crippen molar-refractivity contribution >= 4 is 38.0 Å². The van der Waals surface area contributed by atoms with Gasteiger partial charge in [0, 0.05) is 35.8 Å². The maximum absolute atomic E-state index is 16.3. The first-order chi connectivity index (χ1) is 18.2. The number of nitrogens with one attached hydrogen (secondary N) is 1. The Morgan fingerprint density at radius 1 is 1.32 bits per heavy atom. The Morgan fingerprint density at radius 2 is 2.05 bits per heavy atom. The van der Waals surface area contributed by atoms with Crippen LogP contribution in [0.25, 0.3) is 15.7 Å². The molecule has 38 heavy (non-hydrogen) atoms. The fourth-order valence-electron chi connectivity index (χ4n) is 5.03. The number of aromatic nitrogens is 1. The zero-order valence-electron chi connectivity index (χ0n) is 22.1. The van der Waals surface area contributed by atoms with Gasteiger partial charge in [0.1, 0.15) is 22.9 Å². The number of guanidine groups is 1. The van der Waals surface area contributed by atoms with E-state index in [2.05, 4.69) is 42.9 Å². The number of aliphatic imine (C=N–C) groups is 1. The molecule has 200 valence electrons. The smallest absolute Gasteiger partial charge is 0.199 e. The predicted octanol–water partition coefficient (Wildman–Crippen LogP) is 5.52. The van der Waals surface area contributed by atoms with Crippen molar-refractivity contribution in [2.45, 2.75) is 46.6 Å². The number of rotatable bonds is 2. The molecular weight excluding hydrogens is 506 g/mol. The molecule has 1 saturated heterocycles. The zero-order valence-corrected chi connectivity index (χ0v) is 22.9. The Hall–Kier alpha value is -3.29. The number of ether oxygens (including phenoxy) is 1. The molecular formula is C28H32F2N6OS. The van der Waals surface area contributed by atoms with Gasteiger partial charge in [-0.3, -0.25) is 4.98 Å². The third-order valence-corrected chi connectivity index (χ3v) is 8.50. The van der Waals surface area contributed by atoms with Crippen molar-refractivity contribution < 1.29 is 13.5 Å². The van der Waals surface area contributed by atoms with E-state index in [9.17, 15) is 9.65 Å². The average Bonchev–Trinajstić information content (AvgIpc) is 3.64. The van der Waals surface area contributed by atoms with Crippen LogP contribution in [0.4, 0.5) is 13.8 Å². The molecule has 1 fully saturated rings. The number of nitriles is 1. The van der Waals surface area contributed by atoms with Crippen LogP contribution in [0, 0.1) is 29.0 Å². The molecule has 2 aromatic heterocycles. The van der Waals surface area contributed by atoms with E-state index < -0.39 is 17.7 Å². The lowest BCUT2D eigenvalue weighted by atomic mass is 9.82. The first-order valence-electron chi connectivity index (χ1n) is 13.0. The second kappa shape index (κ2) is 10.5. The van der Waals surface area contributed by atoms with E-state index in [0.29, 0.717) is 24.1 Å². The highest BCUT2D eigenvalue weighted by Gasteiger charge is 2.40. The van der Waals surface area contributed by atoms with Gasteiger partial charge >= 0.3 is 0 Å². The normalized spacial score (nSPS) is 22.5. The molecule has 2 aromatic rings. The molecule has 4 aliphatic rings. The summed E-state index contributed by atoms with van der Waals surface area (Å²) in [4.78, 5) is 11.1. The van der Waals surface area contributed by atoms with Crippen molar-refractivity contribution in [2.75, 3.05) is 32.0 Å². The molecule has 1 aliphatic carbocycles. The molecule has 0 amide bonds. The molecule has 0 radical (unpaired) electrons. The van der Waals surface area contributed by atoms with Gasteiger partial charge in [0.2, 0.25) is 0 Å². The van der Waals surface area contributed by atoms with Gasteiger partial charge < -0.3 is 20.7 Å². The molecule has 2 atom stereocenters. The summed E-state index contributed by atoms with van der Waals surface area (Å²) in [6.07, 6.45) is 5.23. The van der Waals surface area contributed by atoms with Crippen LogP contribution in [0.5, 0.6) is 0 Å². The fourth-order valence-corrected chi connectivity index (χ4v) is 5.95. The van der Waals surface area contributed by atoms with Crippen LogP contribution >= 0.6 is 11.3 Å². The van der Waals surface area contributed by atoms with E-state index in [1.165, 1.54) is 6.42 Å². The van der Waals surface area contributed by atoms with Crippen molar-refractivity contribution in [2.24, 2.45) is 16.8 Å². The zero-order chi connectivity index (χ0) is 27.1. The average molecular weight is 539 g/mol. The van der Waals surface area contributed by atoms with Crippen LogP contribution < -0.4 is 11.1 Å². The number of pyridine rings is 1. The molecule has 0 spiro atoms. The monoisotopic (exact) mass is 538 g/mol. The van der Waals surface area contributed by atoms with E-state index in [4.69, 9.17) is 15.5 Å². The summed E-state index contributed by atoms with van der Waals surface area (Å²) in [5.74, 6) is 0.998. The van der Waals surface area contributed by atoms with E-state index in [0.717, 1.165) is 54.1 Å². The lowest BCUT2D eigenvalue weighted by Gasteiger charge is -2.31. The summed E-state index contributed by atoms with van der Waals surface area (Å²) in [6.45, 7) is 11.1. The second-order valence-electron chi connectivity index (χ2n) is 10.5. The van der Waals surface area contributed by atoms with Crippen molar-refractivity contribution in [1.82, 2.24) is 15.2 Å². The van der Waals surface area contributed by atoms with Gasteiger partial charge in [-0.05, 0) is 29.4 Å². The Morgan fingerprint density at radius 3 is 2.71 bits per heavy atom. The fraction of sp³-hybridized carbons (Fsp3) is 0.464. The number of hydrogen-bond acceptors (Lipinski definition) is 8. The largest absolute Gasteiger partial charge is 0.389 e. The number of fused-ring (bicyclic) bond motifs is 3. The lowest BCUT2D eigenvalue weighted by Crippen LogP contribution is -2.42. The molecule has 7 nitrogen and oxygen atoms in total. The van der Waals surface area contributed by atoms with E-state index in [1.54, 1.807) is 0 Å². The molecule has 3 aliphatic heterocycles. The summed E-state index contributed by atoms with van der Waals surface area (Å²) in [5.41, 5.74) is 8.76. The van der Waals surface area contributed by atoms with E-state index in [-0.39, 0.29) is 38.5 Å². The minimum absolute atomic E-state index is 0.111. The van der Waals surface area contributed by atoms with Gasteiger partial charge in [0.15, 0.2) is 11.8 Å². The topological polar surface area (TPSA) is 99.6 Å². The number of nitrogens with zero attached hydrogens (tertiary/aromatic N) is 4. The number of nitrogen functional groups attached to an aromatic ring is 1. The van der Waals surface area contributed by atoms with Gasteiger partial charge in [-0.25, -0.2) is 13.8 Å². The van der Waals surface area contributed by atoms with Crippen molar-refractivity contribution in [3.8, 4) is 6.07 Å². The van der Waals surface area contributed by atoms with Gasteiger partial charge in [0.05, 0.1) is 35.4 Å². The molecule has 2 unspecified atom stereocenters. The first-order valence-corrected chi connectivity index (χ1v) is 13.8. The third kappa shape index (κ3) is 4.48. The molecule has 0 bridgehead atoms. The molecule has 3 N–H and O–H groups in total. The summed E-state index contributed by atoms with van der Waals surface area (Å²) in [7, 11) is 0. The van der Waals surface area contributed by atoms with Crippen LogP contribution in [0.1, 0.15) is 51.8 Å². The van der Waals surface area contributed by atoms with Crippen LogP contribution in [-0.2, 0) is 4.74 Å². The molecule has 6 rings (SSSR count). The van der Waals surface area contributed by atoms with Gasteiger partial charge in [-0.1, -0.05) is 34.1 Å². The van der Waals surface area contributed by atoms with Crippen molar-refractivity contribution in [1.29, 1.82) is 5.26 Å². The lowest BCUT2D eigenvalue weighted by molar-refractivity contribution is 0.207. The summed E-state index contributed by atoms with van der Waals surface area (Å²) in [5, 5.41) is 13.3. The highest BCUT2D eigenvalue weighted by Crippen LogP contribution is 2.48. The van der Waals surface area contributed by atoms with Gasteiger partial charge in [0.25, 0.3) is 0 Å². The van der Waals surface area contributed by atoms with Crippen LogP contribution in [0.15, 0.2) is 39.9 Å². The number of hydrogen-bond donors (Lipinski definition) is 2. The SMILES string of the molecule is CC1CCN(C2=NC3C(=CN2)C2=C(COC2)C(c2ncc(F)c4sc(N)c(C#N)c24)=C3F)C1.CCC(C)C. The molecule has 10 heteroatoms. The number of halogens is 2. The van der Waals surface area contributed by atoms with E-state index >= 15 is 4.39 Å². The number of likely N-dealkylation sites (tertiary alicyclic amines) is 1. The minimum Gasteiger partial charge on any atom is -0.389 e. The molecule has 0 aromatic carbocycles. The highest BCUT2D eigenvalue weighted by molar-refractivity contribution is 7.23. The van der Waals surface area contributed by atoms with Crippen molar-refractivity contribution in [3.63, 3.8) is 0 Å². The molecule has 0 saturated carbocycles. The van der Waals surface area contributed by atoms with Crippen LogP contribution in [0.2, 0.25) is 0 Å². The quantitative estimate of drug-likeness (QED) is 0.523. The van der Waals surface area contributed by atoms with E-state index in [1.807, 2.05) is 12.3 Å². The maximum atomic E-state index is 16.3. The van der Waals surface area contributed by atoms with Crippen LogP contribution in [-0.4, -0.2) is 48.2 Å². The van der Waals surface area contributed by atoms with Gasteiger partial charge in [-0.2, -0.15) is 5.26 Å². The summed E-state index contributed by atoms with van der Waals surface area (Å²) >= 11 is 0.967. The minimum atomic E-state index is -0.851. The number of anilines is 1. The Kier molecular flexibility index (Phi) is 7.25. The molecule has 5 heterocycles. The Bertz CT molecular complexity index is 1450. The number of nitrogens with two attached hydrogens (primary N) is 1. The van der Waals surface area contributed by atoms with Crippen LogP contribution in [0.3, 0.4) is 0 Å². The maximum Gasteiger partial charge on any atom is 0.199 e. The predicted molar refractivity (Wildman–Crippen MR) is 148 cm³/mol. The summed E-state index contributed by atoms with van der Waals surface area (Å²) in [6, 6.07) is 1.18. The van der Waals surface area contributed by atoms with Crippen molar-refractivity contribution in [3.05, 3.63) is 52.0 Å². The first kappa shape index (κ1) is 26.3. The van der Waals surface area contributed by atoms with Gasteiger partial charge in [-0.15, -0.1) is 11.3 Å². The number of thiophene rings is 1. The third-order valence-electron chi connectivity index (χ3n) is 7.47. The summed E-state index contributed by atoms with van der Waals surface area (Å²) < 4.78 is 36.7. The highest BCUT2D eigenvalue weighted by atomic mass is 32.1. The standard InChI is InChI=1S/C23H20F2N6OS.C5H12/c1-10-2-3-31(7-10)23-29-5-12-13-8-32-9-14(13)16(18(25)19(12)30-23)20-17-11(4-26)22(27)33-21(17)15(24)6-28-20;1-4-5(2)3/h5-6,10,19H,2-3,7-9,27H2,1H3,(H,29,30);5H,4H2,1-3H3. The Labute approximate surface area is 225 Å². The second-order valence-corrected chi connectivity index (χ2v) is 11.6. The Balaban J connectivity index is 0.000000540.